The molecule has 0 saturated carbocycles. The topological polar surface area (TPSA) is 59.6 Å². The largest absolute Gasteiger partial charge is 0.379 e. The van der Waals surface area contributed by atoms with Gasteiger partial charge in [0.25, 0.3) is 5.91 Å². The second-order valence-electron chi connectivity index (χ2n) is 5.99. The summed E-state index contributed by atoms with van der Waals surface area (Å²) in [5, 5.41) is 6.31. The van der Waals surface area contributed by atoms with Crippen LogP contribution in [0.5, 0.6) is 0 Å². The maximum atomic E-state index is 12.4. The van der Waals surface area contributed by atoms with Crippen LogP contribution in [0.1, 0.15) is 40.0 Å². The van der Waals surface area contributed by atoms with Gasteiger partial charge in [-0.2, -0.15) is 0 Å². The molecule has 1 unspecified atom stereocenters. The first-order valence-corrected chi connectivity index (χ1v) is 6.97. The van der Waals surface area contributed by atoms with Gasteiger partial charge in [0.05, 0.1) is 5.60 Å². The second-order valence-corrected chi connectivity index (χ2v) is 5.99. The molecule has 1 rings (SSSR count). The van der Waals surface area contributed by atoms with Crippen LogP contribution in [-0.2, 0) is 14.3 Å². The van der Waals surface area contributed by atoms with Gasteiger partial charge in [-0.15, -0.1) is 12.4 Å². The molecule has 1 atom stereocenters. The highest BCUT2D eigenvalue weighted by Crippen LogP contribution is 2.23. The lowest BCUT2D eigenvalue weighted by Gasteiger charge is -2.36. The van der Waals surface area contributed by atoms with Crippen LogP contribution in [0, 0.1) is 0 Å². The van der Waals surface area contributed by atoms with Crippen molar-refractivity contribution in [1.29, 1.82) is 0 Å². The molecule has 1 saturated heterocycles. The van der Waals surface area contributed by atoms with Crippen molar-refractivity contribution in [1.82, 2.24) is 10.6 Å². The molecule has 1 amide bonds. The summed E-state index contributed by atoms with van der Waals surface area (Å²) in [6.07, 6.45) is 2.21. The monoisotopic (exact) mass is 308 g/mol. The van der Waals surface area contributed by atoms with Crippen LogP contribution >= 0.6 is 12.4 Å². The molecule has 120 valence electrons. The fourth-order valence-electron chi connectivity index (χ4n) is 2.58. The van der Waals surface area contributed by atoms with Crippen molar-refractivity contribution in [2.24, 2.45) is 0 Å². The number of methoxy groups -OCH3 is 2. The first-order valence-electron chi connectivity index (χ1n) is 6.97. The lowest BCUT2D eigenvalue weighted by molar-refractivity contribution is -0.147. The third-order valence-electron chi connectivity index (χ3n) is 3.94. The Labute approximate surface area is 128 Å². The standard InChI is InChI=1S/C14H28N2O3.ClH/c1-11(10-13(2,3)18-4)16-12(17)14(19-5)6-8-15-9-7-14;/h11,15H,6-10H2,1-5H3,(H,16,17);1H. The Kier molecular flexibility index (Phi) is 8.03. The van der Waals surface area contributed by atoms with Crippen molar-refractivity contribution in [3.63, 3.8) is 0 Å². The summed E-state index contributed by atoms with van der Waals surface area (Å²) in [6.45, 7) is 7.68. The third kappa shape index (κ3) is 5.20. The molecule has 5 nitrogen and oxygen atoms in total. The van der Waals surface area contributed by atoms with Gasteiger partial charge < -0.3 is 20.1 Å². The van der Waals surface area contributed by atoms with Gasteiger partial charge in [0.2, 0.25) is 0 Å². The molecule has 1 aliphatic heterocycles. The number of hydrogen-bond donors (Lipinski definition) is 2. The quantitative estimate of drug-likeness (QED) is 0.780. The lowest BCUT2D eigenvalue weighted by atomic mass is 9.90. The average Bonchev–Trinajstić information content (AvgIpc) is 2.38. The summed E-state index contributed by atoms with van der Waals surface area (Å²) in [5.74, 6) is -0.00379. The molecule has 1 heterocycles. The Balaban J connectivity index is 0.00000361. The average molecular weight is 309 g/mol. The molecule has 1 fully saturated rings. The predicted octanol–water partition coefficient (Wildman–Crippen LogP) is 1.50. The Bertz CT molecular complexity index is 305. The number of hydrogen-bond acceptors (Lipinski definition) is 4. The summed E-state index contributed by atoms with van der Waals surface area (Å²) in [7, 11) is 3.31. The minimum Gasteiger partial charge on any atom is -0.379 e. The van der Waals surface area contributed by atoms with Gasteiger partial charge in [-0.25, -0.2) is 0 Å². The van der Waals surface area contributed by atoms with E-state index >= 15 is 0 Å². The number of carbonyl (C=O) groups is 1. The molecular weight excluding hydrogens is 280 g/mol. The van der Waals surface area contributed by atoms with E-state index in [1.165, 1.54) is 0 Å². The SMILES string of the molecule is COC(C)(C)CC(C)NC(=O)C1(OC)CCNCC1.Cl. The van der Waals surface area contributed by atoms with Gasteiger partial charge in [0.15, 0.2) is 0 Å². The van der Waals surface area contributed by atoms with E-state index < -0.39 is 5.60 Å². The van der Waals surface area contributed by atoms with E-state index in [0.29, 0.717) is 0 Å². The van der Waals surface area contributed by atoms with E-state index in [1.807, 2.05) is 20.8 Å². The molecule has 2 N–H and O–H groups in total. The number of carbonyl (C=O) groups excluding carboxylic acids is 1. The molecule has 0 aromatic heterocycles. The van der Waals surface area contributed by atoms with Gasteiger partial charge in [0.1, 0.15) is 5.60 Å². The molecule has 6 heteroatoms. The Morgan fingerprint density at radius 1 is 1.35 bits per heavy atom. The van der Waals surface area contributed by atoms with Gasteiger partial charge in [0, 0.05) is 20.3 Å². The van der Waals surface area contributed by atoms with Crippen molar-refractivity contribution in [2.45, 2.75) is 57.3 Å². The van der Waals surface area contributed by atoms with Crippen LogP contribution in [0.4, 0.5) is 0 Å². The summed E-state index contributed by atoms with van der Waals surface area (Å²) in [4.78, 5) is 12.4. The number of halogens is 1. The molecule has 1 aliphatic rings. The molecule has 0 radical (unpaired) electrons. The summed E-state index contributed by atoms with van der Waals surface area (Å²) < 4.78 is 10.9. The number of ether oxygens (including phenoxy) is 2. The maximum Gasteiger partial charge on any atom is 0.252 e. The predicted molar refractivity (Wildman–Crippen MR) is 82.4 cm³/mol. The molecule has 0 bridgehead atoms. The summed E-state index contributed by atoms with van der Waals surface area (Å²) >= 11 is 0. The molecular formula is C14H29ClN2O3. The van der Waals surface area contributed by atoms with Gasteiger partial charge in [-0.05, 0) is 53.1 Å². The van der Waals surface area contributed by atoms with Crippen LogP contribution in [0.15, 0.2) is 0 Å². The third-order valence-corrected chi connectivity index (χ3v) is 3.94. The molecule has 0 spiro atoms. The van der Waals surface area contributed by atoms with Crippen LogP contribution in [0.25, 0.3) is 0 Å². The highest BCUT2D eigenvalue weighted by atomic mass is 35.5. The number of nitrogens with one attached hydrogen (secondary N) is 2. The van der Waals surface area contributed by atoms with E-state index in [-0.39, 0.29) is 30.0 Å². The molecule has 0 aromatic carbocycles. The highest BCUT2D eigenvalue weighted by Gasteiger charge is 2.40. The van der Waals surface area contributed by atoms with E-state index in [4.69, 9.17) is 9.47 Å². The van der Waals surface area contributed by atoms with Crippen molar-refractivity contribution in [3.8, 4) is 0 Å². The van der Waals surface area contributed by atoms with Crippen molar-refractivity contribution >= 4 is 18.3 Å². The molecule has 20 heavy (non-hydrogen) atoms. The number of rotatable bonds is 6. The van der Waals surface area contributed by atoms with Crippen molar-refractivity contribution in [2.75, 3.05) is 27.3 Å². The van der Waals surface area contributed by atoms with E-state index in [2.05, 4.69) is 10.6 Å². The first kappa shape index (κ1) is 19.6. The van der Waals surface area contributed by atoms with Crippen LogP contribution in [-0.4, -0.2) is 50.5 Å². The minimum atomic E-state index is -0.670. The zero-order chi connectivity index (χ0) is 14.5. The van der Waals surface area contributed by atoms with Crippen LogP contribution in [0.3, 0.4) is 0 Å². The smallest absolute Gasteiger partial charge is 0.252 e. The van der Waals surface area contributed by atoms with E-state index in [0.717, 1.165) is 32.4 Å². The second kappa shape index (κ2) is 8.17. The van der Waals surface area contributed by atoms with Crippen molar-refractivity contribution < 1.29 is 14.3 Å². The highest BCUT2D eigenvalue weighted by molar-refractivity contribution is 5.85. The van der Waals surface area contributed by atoms with Crippen molar-refractivity contribution in [3.05, 3.63) is 0 Å². The summed E-state index contributed by atoms with van der Waals surface area (Å²) in [5.41, 5.74) is -0.905. The fourth-order valence-corrected chi connectivity index (χ4v) is 2.58. The van der Waals surface area contributed by atoms with E-state index in [9.17, 15) is 4.79 Å². The maximum absolute atomic E-state index is 12.4. The normalized spacial score (nSPS) is 19.9. The Hall–Kier alpha value is -0.360. The van der Waals surface area contributed by atoms with Crippen LogP contribution in [0.2, 0.25) is 0 Å². The number of piperidine rings is 1. The molecule has 0 aromatic rings. The van der Waals surface area contributed by atoms with Gasteiger partial charge in [-0.3, -0.25) is 4.79 Å². The fraction of sp³-hybridized carbons (Fsp3) is 0.929. The Morgan fingerprint density at radius 2 is 1.90 bits per heavy atom. The minimum absolute atomic E-state index is 0. The summed E-state index contributed by atoms with van der Waals surface area (Å²) in [6, 6.07) is 0.0596. The first-order chi connectivity index (χ1) is 8.85. The number of amides is 1. The zero-order valence-corrected chi connectivity index (χ0v) is 14.1. The van der Waals surface area contributed by atoms with Gasteiger partial charge in [-0.1, -0.05) is 0 Å². The van der Waals surface area contributed by atoms with Crippen LogP contribution < -0.4 is 10.6 Å². The van der Waals surface area contributed by atoms with E-state index in [1.54, 1.807) is 14.2 Å². The molecule has 0 aliphatic carbocycles. The van der Waals surface area contributed by atoms with Gasteiger partial charge >= 0.3 is 0 Å². The Morgan fingerprint density at radius 3 is 2.35 bits per heavy atom. The lowest BCUT2D eigenvalue weighted by Crippen LogP contribution is -2.56. The zero-order valence-electron chi connectivity index (χ0n) is 13.2.